The summed E-state index contributed by atoms with van der Waals surface area (Å²) < 4.78 is 0. The van der Waals surface area contributed by atoms with Crippen LogP contribution in [0.4, 0.5) is 0 Å². The molecule has 3 nitrogen and oxygen atoms in total. The molecule has 0 aromatic heterocycles. The van der Waals surface area contributed by atoms with Crippen molar-refractivity contribution in [2.45, 2.75) is 57.5 Å². The Morgan fingerprint density at radius 1 is 1.25 bits per heavy atom. The molecule has 94 valence electrons. The average Bonchev–Trinajstić information content (AvgIpc) is 2.16. The van der Waals surface area contributed by atoms with Crippen LogP contribution < -0.4 is 10.6 Å². The van der Waals surface area contributed by atoms with Crippen molar-refractivity contribution in [2.75, 3.05) is 6.54 Å². The first-order valence-corrected chi connectivity index (χ1v) is 6.31. The van der Waals surface area contributed by atoms with Crippen molar-refractivity contribution in [1.82, 2.24) is 10.6 Å². The normalized spacial score (nSPS) is 27.4. The SMILES string of the molecule is CC(NC(=O)[C@H]1CCN1)C1CCCCC1.Cl. The minimum Gasteiger partial charge on any atom is -0.352 e. The summed E-state index contributed by atoms with van der Waals surface area (Å²) in [5.74, 6) is 0.919. The molecule has 1 unspecified atom stereocenters. The maximum absolute atomic E-state index is 11.7. The predicted molar refractivity (Wildman–Crippen MR) is 67.8 cm³/mol. The summed E-state index contributed by atoms with van der Waals surface area (Å²) in [5, 5.41) is 6.29. The zero-order chi connectivity index (χ0) is 10.7. The van der Waals surface area contributed by atoms with Crippen molar-refractivity contribution in [1.29, 1.82) is 0 Å². The smallest absolute Gasteiger partial charge is 0.237 e. The molecule has 2 fully saturated rings. The number of hydrogen-bond donors (Lipinski definition) is 2. The van der Waals surface area contributed by atoms with E-state index in [1.54, 1.807) is 0 Å². The standard InChI is InChI=1S/C12H22N2O.ClH/c1-9(10-5-3-2-4-6-10)14-12(15)11-7-8-13-11;/h9-11,13H,2-8H2,1H3,(H,14,15);1H/t9?,11-;/m1./s1. The van der Waals surface area contributed by atoms with E-state index < -0.39 is 0 Å². The predicted octanol–water partition coefficient (Wildman–Crippen LogP) is 1.86. The van der Waals surface area contributed by atoms with E-state index in [0.29, 0.717) is 12.0 Å². The molecular formula is C12H23ClN2O. The Morgan fingerprint density at radius 3 is 2.38 bits per heavy atom. The molecular weight excluding hydrogens is 224 g/mol. The van der Waals surface area contributed by atoms with Gasteiger partial charge in [-0.1, -0.05) is 19.3 Å². The summed E-state index contributed by atoms with van der Waals surface area (Å²) >= 11 is 0. The van der Waals surface area contributed by atoms with Gasteiger partial charge in [0.05, 0.1) is 6.04 Å². The Balaban J connectivity index is 0.00000128. The number of hydrogen-bond acceptors (Lipinski definition) is 2. The monoisotopic (exact) mass is 246 g/mol. The molecule has 0 aromatic carbocycles. The Morgan fingerprint density at radius 2 is 1.88 bits per heavy atom. The summed E-state index contributed by atoms with van der Waals surface area (Å²) in [5.41, 5.74) is 0. The fourth-order valence-electron chi connectivity index (χ4n) is 2.59. The highest BCUT2D eigenvalue weighted by Crippen LogP contribution is 2.26. The molecule has 1 saturated carbocycles. The highest BCUT2D eigenvalue weighted by Gasteiger charge is 2.27. The minimum atomic E-state index is 0. The van der Waals surface area contributed by atoms with Gasteiger partial charge in [0.25, 0.3) is 0 Å². The van der Waals surface area contributed by atoms with E-state index >= 15 is 0 Å². The van der Waals surface area contributed by atoms with Gasteiger partial charge in [-0.05, 0) is 38.6 Å². The number of carbonyl (C=O) groups excluding carboxylic acids is 1. The molecule has 1 aliphatic carbocycles. The first-order valence-electron chi connectivity index (χ1n) is 6.31. The fraction of sp³-hybridized carbons (Fsp3) is 0.917. The van der Waals surface area contributed by atoms with E-state index in [-0.39, 0.29) is 24.4 Å². The van der Waals surface area contributed by atoms with Gasteiger partial charge in [0.15, 0.2) is 0 Å². The largest absolute Gasteiger partial charge is 0.352 e. The number of amides is 1. The van der Waals surface area contributed by atoms with Gasteiger partial charge in [-0.3, -0.25) is 4.79 Å². The van der Waals surface area contributed by atoms with Crippen LogP contribution in [0.5, 0.6) is 0 Å². The highest BCUT2D eigenvalue weighted by molar-refractivity contribution is 5.85. The van der Waals surface area contributed by atoms with Crippen LogP contribution in [0, 0.1) is 5.92 Å². The van der Waals surface area contributed by atoms with Crippen molar-refractivity contribution in [3.63, 3.8) is 0 Å². The molecule has 2 aliphatic rings. The van der Waals surface area contributed by atoms with E-state index in [2.05, 4.69) is 17.6 Å². The summed E-state index contributed by atoms with van der Waals surface area (Å²) in [6.07, 6.45) is 7.64. The van der Waals surface area contributed by atoms with Crippen LogP contribution in [0.15, 0.2) is 0 Å². The van der Waals surface area contributed by atoms with Crippen molar-refractivity contribution < 1.29 is 4.79 Å². The van der Waals surface area contributed by atoms with Crippen molar-refractivity contribution >= 4 is 18.3 Å². The van der Waals surface area contributed by atoms with Gasteiger partial charge in [0.2, 0.25) is 5.91 Å². The van der Waals surface area contributed by atoms with Crippen LogP contribution in [-0.2, 0) is 4.79 Å². The molecule has 2 N–H and O–H groups in total. The molecule has 1 saturated heterocycles. The first-order chi connectivity index (χ1) is 7.27. The van der Waals surface area contributed by atoms with E-state index in [0.717, 1.165) is 13.0 Å². The fourth-order valence-corrected chi connectivity index (χ4v) is 2.59. The maximum atomic E-state index is 11.7. The number of rotatable bonds is 3. The third-order valence-electron chi connectivity index (χ3n) is 3.87. The molecule has 2 atom stereocenters. The Kier molecular flexibility index (Phi) is 5.56. The van der Waals surface area contributed by atoms with Crippen LogP contribution in [-0.4, -0.2) is 24.5 Å². The molecule has 0 spiro atoms. The Labute approximate surface area is 104 Å². The molecule has 1 amide bonds. The van der Waals surface area contributed by atoms with Crippen LogP contribution in [0.25, 0.3) is 0 Å². The third kappa shape index (κ3) is 3.36. The topological polar surface area (TPSA) is 41.1 Å². The molecule has 0 aromatic rings. The lowest BCUT2D eigenvalue weighted by Crippen LogP contribution is -2.55. The Hall–Kier alpha value is -0.280. The van der Waals surface area contributed by atoms with E-state index in [1.807, 2.05) is 0 Å². The molecule has 1 heterocycles. The van der Waals surface area contributed by atoms with Crippen LogP contribution in [0.1, 0.15) is 45.4 Å². The van der Waals surface area contributed by atoms with Gasteiger partial charge in [-0.25, -0.2) is 0 Å². The van der Waals surface area contributed by atoms with Crippen molar-refractivity contribution in [3.05, 3.63) is 0 Å². The van der Waals surface area contributed by atoms with Crippen LogP contribution in [0.2, 0.25) is 0 Å². The second kappa shape index (κ2) is 6.45. The third-order valence-corrected chi connectivity index (χ3v) is 3.87. The zero-order valence-corrected chi connectivity index (χ0v) is 10.8. The maximum Gasteiger partial charge on any atom is 0.237 e. The lowest BCUT2D eigenvalue weighted by atomic mass is 9.84. The summed E-state index contributed by atoms with van der Waals surface area (Å²) in [6.45, 7) is 3.16. The van der Waals surface area contributed by atoms with Gasteiger partial charge < -0.3 is 10.6 Å². The first kappa shape index (κ1) is 13.8. The second-order valence-corrected chi connectivity index (χ2v) is 4.99. The number of nitrogens with one attached hydrogen (secondary N) is 2. The quantitative estimate of drug-likeness (QED) is 0.798. The van der Waals surface area contributed by atoms with Crippen LogP contribution >= 0.6 is 12.4 Å². The second-order valence-electron chi connectivity index (χ2n) is 4.99. The number of carbonyl (C=O) groups is 1. The van der Waals surface area contributed by atoms with Gasteiger partial charge in [-0.15, -0.1) is 12.4 Å². The van der Waals surface area contributed by atoms with E-state index in [1.165, 1.54) is 32.1 Å². The summed E-state index contributed by atoms with van der Waals surface area (Å²) in [6, 6.07) is 0.455. The van der Waals surface area contributed by atoms with Gasteiger partial charge in [0, 0.05) is 6.04 Å². The Bertz CT molecular complexity index is 225. The van der Waals surface area contributed by atoms with Gasteiger partial charge >= 0.3 is 0 Å². The molecule has 0 radical (unpaired) electrons. The minimum absolute atomic E-state index is 0. The summed E-state index contributed by atoms with van der Waals surface area (Å²) in [7, 11) is 0. The lowest BCUT2D eigenvalue weighted by Gasteiger charge is -2.32. The number of halogens is 1. The molecule has 1 aliphatic heterocycles. The van der Waals surface area contributed by atoms with Crippen molar-refractivity contribution in [3.8, 4) is 0 Å². The highest BCUT2D eigenvalue weighted by atomic mass is 35.5. The average molecular weight is 247 g/mol. The zero-order valence-electron chi connectivity index (χ0n) is 10.00. The molecule has 16 heavy (non-hydrogen) atoms. The van der Waals surface area contributed by atoms with Gasteiger partial charge in [-0.2, -0.15) is 0 Å². The summed E-state index contributed by atoms with van der Waals surface area (Å²) in [4.78, 5) is 11.7. The lowest BCUT2D eigenvalue weighted by molar-refractivity contribution is -0.125. The van der Waals surface area contributed by atoms with Crippen LogP contribution in [0.3, 0.4) is 0 Å². The molecule has 0 bridgehead atoms. The molecule has 4 heteroatoms. The van der Waals surface area contributed by atoms with E-state index in [9.17, 15) is 4.79 Å². The molecule has 2 rings (SSSR count). The van der Waals surface area contributed by atoms with E-state index in [4.69, 9.17) is 0 Å². The van der Waals surface area contributed by atoms with Crippen molar-refractivity contribution in [2.24, 2.45) is 5.92 Å². The van der Waals surface area contributed by atoms with Gasteiger partial charge in [0.1, 0.15) is 0 Å².